The van der Waals surface area contributed by atoms with Gasteiger partial charge in [-0.05, 0) is 11.6 Å². The Morgan fingerprint density at radius 3 is 3.09 bits per heavy atom. The van der Waals surface area contributed by atoms with Crippen LogP contribution in [0.15, 0.2) is 24.3 Å². The molecule has 0 aliphatic rings. The molecule has 1 heteroatoms. The van der Waals surface area contributed by atoms with Gasteiger partial charge in [-0.2, -0.15) is 0 Å². The number of hydrogen-bond donors (Lipinski definition) is 0. The lowest BCUT2D eigenvalue weighted by Crippen LogP contribution is -1.91. The summed E-state index contributed by atoms with van der Waals surface area (Å²) in [4.78, 5) is 0. The van der Waals surface area contributed by atoms with Crippen LogP contribution in [0.25, 0.3) is 0 Å². The van der Waals surface area contributed by atoms with Gasteiger partial charge < -0.3 is 4.74 Å². The summed E-state index contributed by atoms with van der Waals surface area (Å²) < 4.78 is 5.10. The van der Waals surface area contributed by atoms with Gasteiger partial charge in [0, 0.05) is 0 Å². The molecule has 11 heavy (non-hydrogen) atoms. The molecular formula is C10H9O. The summed E-state index contributed by atoms with van der Waals surface area (Å²) in [6.07, 6.45) is 5.01. The first-order chi connectivity index (χ1) is 5.43. The first-order valence-electron chi connectivity index (χ1n) is 3.40. The monoisotopic (exact) mass is 145 g/mol. The van der Waals surface area contributed by atoms with E-state index >= 15 is 0 Å². The molecule has 1 aromatic carbocycles. The van der Waals surface area contributed by atoms with E-state index in [2.05, 4.69) is 12.0 Å². The van der Waals surface area contributed by atoms with Crippen LogP contribution in [-0.2, 0) is 11.3 Å². The molecule has 1 aromatic rings. The fraction of sp³-hybridized carbons (Fsp3) is 0.200. The van der Waals surface area contributed by atoms with Crippen molar-refractivity contribution >= 4 is 0 Å². The summed E-state index contributed by atoms with van der Waals surface area (Å²) in [5, 5.41) is 0. The molecule has 0 amide bonds. The molecule has 0 saturated carbocycles. The van der Waals surface area contributed by atoms with E-state index < -0.39 is 0 Å². The summed E-state index contributed by atoms with van der Waals surface area (Å²) in [6.45, 7) is 0.910. The second-order valence-corrected chi connectivity index (χ2v) is 2.08. The van der Waals surface area contributed by atoms with E-state index in [-0.39, 0.29) is 0 Å². The number of hydrogen-bond acceptors (Lipinski definition) is 1. The van der Waals surface area contributed by atoms with Crippen molar-refractivity contribution in [2.75, 3.05) is 6.61 Å². The summed E-state index contributed by atoms with van der Waals surface area (Å²) >= 11 is 0. The van der Waals surface area contributed by atoms with Crippen molar-refractivity contribution in [1.82, 2.24) is 0 Å². The zero-order valence-electron chi connectivity index (χ0n) is 6.21. The smallest absolute Gasteiger partial charge is 0.107 e. The predicted molar refractivity (Wildman–Crippen MR) is 43.8 cm³/mol. The van der Waals surface area contributed by atoms with Crippen LogP contribution in [0.3, 0.4) is 0 Å². The Morgan fingerprint density at radius 1 is 1.55 bits per heavy atom. The lowest BCUT2D eigenvalue weighted by Gasteiger charge is -1.98. The zero-order valence-corrected chi connectivity index (χ0v) is 6.21. The summed E-state index contributed by atoms with van der Waals surface area (Å²) in [5.74, 6) is 2.40. The predicted octanol–water partition coefficient (Wildman–Crippen LogP) is 1.64. The molecule has 0 fully saturated rings. The highest BCUT2D eigenvalue weighted by Crippen LogP contribution is 1.98. The van der Waals surface area contributed by atoms with Crippen molar-refractivity contribution in [3.63, 3.8) is 0 Å². The minimum Gasteiger partial charge on any atom is -0.364 e. The van der Waals surface area contributed by atoms with E-state index in [1.807, 2.05) is 24.3 Å². The van der Waals surface area contributed by atoms with E-state index in [0.29, 0.717) is 13.2 Å². The summed E-state index contributed by atoms with van der Waals surface area (Å²) in [5.41, 5.74) is 1.03. The standard InChI is InChI=1S/C10H9O/c1-2-8-11-9-10-6-4-3-5-7-10/h1,3-6H,8-9H2. The van der Waals surface area contributed by atoms with Crippen LogP contribution in [0, 0.1) is 18.4 Å². The van der Waals surface area contributed by atoms with E-state index in [0.717, 1.165) is 5.56 Å². The number of rotatable bonds is 3. The number of terminal acetylenes is 1. The maximum Gasteiger partial charge on any atom is 0.107 e. The Bertz CT molecular complexity index is 233. The molecule has 1 radical (unpaired) electrons. The third kappa shape index (κ3) is 2.88. The molecule has 0 bridgehead atoms. The SMILES string of the molecule is C#CCOCc1[c]cccc1. The largest absolute Gasteiger partial charge is 0.364 e. The molecule has 0 aliphatic heterocycles. The van der Waals surface area contributed by atoms with Crippen LogP contribution < -0.4 is 0 Å². The normalized spacial score (nSPS) is 9.00. The van der Waals surface area contributed by atoms with E-state index in [1.54, 1.807) is 0 Å². The van der Waals surface area contributed by atoms with Gasteiger partial charge in [0.25, 0.3) is 0 Å². The molecule has 0 aromatic heterocycles. The highest BCUT2D eigenvalue weighted by Gasteiger charge is 1.88. The number of benzene rings is 1. The van der Waals surface area contributed by atoms with Crippen LogP contribution >= 0.6 is 0 Å². The molecule has 55 valence electrons. The molecule has 0 unspecified atom stereocenters. The minimum atomic E-state index is 0.364. The lowest BCUT2D eigenvalue weighted by molar-refractivity contribution is 0.153. The van der Waals surface area contributed by atoms with Crippen LogP contribution in [0.5, 0.6) is 0 Å². The van der Waals surface area contributed by atoms with Crippen LogP contribution in [0.2, 0.25) is 0 Å². The highest BCUT2D eigenvalue weighted by molar-refractivity contribution is 5.11. The summed E-state index contributed by atoms with van der Waals surface area (Å²) in [6, 6.07) is 10.7. The second kappa shape index (κ2) is 4.54. The maximum absolute atomic E-state index is 5.10. The average molecular weight is 145 g/mol. The van der Waals surface area contributed by atoms with E-state index in [4.69, 9.17) is 11.2 Å². The minimum absolute atomic E-state index is 0.364. The molecule has 0 spiro atoms. The van der Waals surface area contributed by atoms with Crippen LogP contribution in [-0.4, -0.2) is 6.61 Å². The Balaban J connectivity index is 2.35. The molecule has 0 heterocycles. The lowest BCUT2D eigenvalue weighted by atomic mass is 10.2. The van der Waals surface area contributed by atoms with Gasteiger partial charge in [0.05, 0.1) is 6.61 Å². The van der Waals surface area contributed by atoms with Gasteiger partial charge in [0.1, 0.15) is 6.61 Å². The van der Waals surface area contributed by atoms with Crippen LogP contribution in [0.4, 0.5) is 0 Å². The highest BCUT2D eigenvalue weighted by atomic mass is 16.5. The first-order valence-corrected chi connectivity index (χ1v) is 3.40. The number of ether oxygens (including phenoxy) is 1. The maximum atomic E-state index is 5.10. The van der Waals surface area contributed by atoms with Crippen molar-refractivity contribution in [1.29, 1.82) is 0 Å². The van der Waals surface area contributed by atoms with Gasteiger partial charge in [-0.25, -0.2) is 0 Å². The van der Waals surface area contributed by atoms with Crippen molar-refractivity contribution < 1.29 is 4.74 Å². The molecule has 0 saturated heterocycles. The van der Waals surface area contributed by atoms with Gasteiger partial charge in [-0.3, -0.25) is 0 Å². The Hall–Kier alpha value is -1.26. The van der Waals surface area contributed by atoms with Crippen molar-refractivity contribution in [2.45, 2.75) is 6.61 Å². The van der Waals surface area contributed by atoms with Crippen molar-refractivity contribution in [3.05, 3.63) is 35.9 Å². The molecule has 1 nitrogen and oxygen atoms in total. The van der Waals surface area contributed by atoms with Gasteiger partial charge in [0.15, 0.2) is 0 Å². The molecule has 0 atom stereocenters. The second-order valence-electron chi connectivity index (χ2n) is 2.08. The Morgan fingerprint density at radius 2 is 2.45 bits per heavy atom. The van der Waals surface area contributed by atoms with Crippen molar-refractivity contribution in [2.24, 2.45) is 0 Å². The van der Waals surface area contributed by atoms with Gasteiger partial charge in [-0.15, -0.1) is 6.42 Å². The van der Waals surface area contributed by atoms with Crippen molar-refractivity contribution in [3.8, 4) is 12.3 Å². The Kier molecular flexibility index (Phi) is 3.24. The van der Waals surface area contributed by atoms with Gasteiger partial charge in [0.2, 0.25) is 0 Å². The Labute approximate surface area is 67.0 Å². The molecule has 0 aliphatic carbocycles. The average Bonchev–Trinajstić information content (AvgIpc) is 2.07. The molecule has 0 N–H and O–H groups in total. The fourth-order valence-corrected chi connectivity index (χ4v) is 0.740. The third-order valence-electron chi connectivity index (χ3n) is 1.22. The topological polar surface area (TPSA) is 9.23 Å². The molecular weight excluding hydrogens is 136 g/mol. The van der Waals surface area contributed by atoms with Crippen LogP contribution in [0.1, 0.15) is 5.56 Å². The third-order valence-corrected chi connectivity index (χ3v) is 1.22. The quantitative estimate of drug-likeness (QED) is 0.464. The van der Waals surface area contributed by atoms with Gasteiger partial charge in [-0.1, -0.05) is 30.2 Å². The fourth-order valence-electron chi connectivity index (χ4n) is 0.740. The van der Waals surface area contributed by atoms with E-state index in [9.17, 15) is 0 Å². The summed E-state index contributed by atoms with van der Waals surface area (Å²) in [7, 11) is 0. The molecule has 1 rings (SSSR count). The van der Waals surface area contributed by atoms with E-state index in [1.165, 1.54) is 0 Å². The van der Waals surface area contributed by atoms with Gasteiger partial charge >= 0.3 is 0 Å². The first kappa shape index (κ1) is 7.84. The zero-order chi connectivity index (χ0) is 7.94.